The smallest absolute Gasteiger partial charge is 0.255 e. The molecule has 134 valence electrons. The van der Waals surface area contributed by atoms with Gasteiger partial charge in [0.2, 0.25) is 5.91 Å². The Balaban J connectivity index is 1.53. The number of para-hydroxylation sites is 1. The molecule has 0 radical (unpaired) electrons. The lowest BCUT2D eigenvalue weighted by Gasteiger charge is -2.37. The Morgan fingerprint density at radius 2 is 1.92 bits per heavy atom. The van der Waals surface area contributed by atoms with Gasteiger partial charge in [-0.25, -0.2) is 0 Å². The van der Waals surface area contributed by atoms with Gasteiger partial charge in [0.1, 0.15) is 0 Å². The number of nitrogens with zero attached hydrogens (tertiary/aromatic N) is 3. The van der Waals surface area contributed by atoms with Gasteiger partial charge in [-0.15, -0.1) is 0 Å². The van der Waals surface area contributed by atoms with E-state index in [0.717, 1.165) is 37.3 Å². The summed E-state index contributed by atoms with van der Waals surface area (Å²) in [5.74, 6) is 0.561. The van der Waals surface area contributed by atoms with Crippen molar-refractivity contribution in [2.45, 2.75) is 18.9 Å². The second-order valence-electron chi connectivity index (χ2n) is 7.19. The summed E-state index contributed by atoms with van der Waals surface area (Å²) in [7, 11) is 1.89. The van der Waals surface area contributed by atoms with E-state index in [0.29, 0.717) is 32.2 Å². The fourth-order valence-corrected chi connectivity index (χ4v) is 4.37. The molecule has 4 rings (SSSR count). The third-order valence-corrected chi connectivity index (χ3v) is 5.79. The Hall–Kier alpha value is -2.08. The molecule has 0 spiro atoms. The topological polar surface area (TPSA) is 53.1 Å². The number of piperidine rings is 1. The van der Waals surface area contributed by atoms with Crippen LogP contribution in [0.1, 0.15) is 23.2 Å². The van der Waals surface area contributed by atoms with Crippen LogP contribution in [-0.2, 0) is 9.53 Å². The number of hydrogen-bond donors (Lipinski definition) is 0. The third-order valence-electron chi connectivity index (χ3n) is 5.79. The van der Waals surface area contributed by atoms with E-state index in [-0.39, 0.29) is 17.7 Å². The van der Waals surface area contributed by atoms with Crippen LogP contribution in [0.3, 0.4) is 0 Å². The highest BCUT2D eigenvalue weighted by Crippen LogP contribution is 2.32. The van der Waals surface area contributed by atoms with E-state index in [2.05, 4.69) is 4.90 Å². The van der Waals surface area contributed by atoms with Crippen molar-refractivity contribution < 1.29 is 14.3 Å². The minimum atomic E-state index is 0.0857. The van der Waals surface area contributed by atoms with Gasteiger partial charge in [-0.1, -0.05) is 12.1 Å². The molecule has 3 aliphatic rings. The summed E-state index contributed by atoms with van der Waals surface area (Å²) in [6, 6.07) is 8.16. The van der Waals surface area contributed by atoms with E-state index in [1.807, 2.05) is 41.1 Å². The van der Waals surface area contributed by atoms with Crippen molar-refractivity contribution in [3.05, 3.63) is 29.8 Å². The Labute approximate surface area is 148 Å². The number of carbonyl (C=O) groups is 2. The predicted molar refractivity (Wildman–Crippen MR) is 94.7 cm³/mol. The molecule has 0 unspecified atom stereocenters. The van der Waals surface area contributed by atoms with Crippen LogP contribution in [0.25, 0.3) is 0 Å². The van der Waals surface area contributed by atoms with E-state index in [9.17, 15) is 9.59 Å². The minimum Gasteiger partial charge on any atom is -0.378 e. The van der Waals surface area contributed by atoms with Gasteiger partial charge in [0.15, 0.2) is 0 Å². The molecule has 0 N–H and O–H groups in total. The number of fused-ring (bicyclic) bond motifs is 1. The van der Waals surface area contributed by atoms with Crippen LogP contribution in [0, 0.1) is 5.92 Å². The van der Waals surface area contributed by atoms with E-state index < -0.39 is 0 Å². The van der Waals surface area contributed by atoms with Gasteiger partial charge >= 0.3 is 0 Å². The van der Waals surface area contributed by atoms with Crippen molar-refractivity contribution in [3.63, 3.8) is 0 Å². The number of likely N-dealkylation sites (tertiary alicyclic amines) is 2. The highest BCUT2D eigenvalue weighted by Gasteiger charge is 2.42. The van der Waals surface area contributed by atoms with Gasteiger partial charge in [-0.05, 0) is 18.6 Å². The average Bonchev–Trinajstić information content (AvgIpc) is 2.95. The van der Waals surface area contributed by atoms with Crippen LogP contribution in [0.4, 0.5) is 5.69 Å². The highest BCUT2D eigenvalue weighted by molar-refractivity contribution is 6.00. The number of rotatable bonds is 2. The zero-order chi connectivity index (χ0) is 17.4. The van der Waals surface area contributed by atoms with Crippen molar-refractivity contribution in [1.29, 1.82) is 0 Å². The molecule has 0 saturated carbocycles. The molecule has 3 heterocycles. The van der Waals surface area contributed by atoms with Crippen LogP contribution >= 0.6 is 0 Å². The largest absolute Gasteiger partial charge is 0.378 e. The molecule has 0 aromatic heterocycles. The molecule has 3 fully saturated rings. The normalized spacial score (nSPS) is 26.8. The van der Waals surface area contributed by atoms with Gasteiger partial charge in [0.25, 0.3) is 5.91 Å². The number of amides is 2. The first kappa shape index (κ1) is 16.4. The maximum atomic E-state index is 13.2. The van der Waals surface area contributed by atoms with Crippen molar-refractivity contribution in [1.82, 2.24) is 9.80 Å². The molecule has 0 aliphatic carbocycles. The SMILES string of the molecule is CN1C(=O)C[C@@H]2CN(C(=O)c3ccccc3N3CCOCC3)CC[C@@H]21. The number of hydrogen-bond acceptors (Lipinski definition) is 4. The van der Waals surface area contributed by atoms with E-state index >= 15 is 0 Å². The maximum absolute atomic E-state index is 13.2. The van der Waals surface area contributed by atoms with Gasteiger partial charge in [0, 0.05) is 57.3 Å². The molecule has 6 nitrogen and oxygen atoms in total. The maximum Gasteiger partial charge on any atom is 0.255 e. The molecule has 2 amide bonds. The van der Waals surface area contributed by atoms with Crippen LogP contribution < -0.4 is 4.90 Å². The van der Waals surface area contributed by atoms with Crippen LogP contribution in [0.5, 0.6) is 0 Å². The van der Waals surface area contributed by atoms with Crippen molar-refractivity contribution in [2.75, 3.05) is 51.3 Å². The summed E-state index contributed by atoms with van der Waals surface area (Å²) < 4.78 is 5.43. The summed E-state index contributed by atoms with van der Waals surface area (Å²) in [5.41, 5.74) is 1.76. The lowest BCUT2D eigenvalue weighted by Crippen LogP contribution is -2.47. The van der Waals surface area contributed by atoms with Crippen LogP contribution in [0.2, 0.25) is 0 Å². The number of morpholine rings is 1. The van der Waals surface area contributed by atoms with Gasteiger partial charge in [-0.2, -0.15) is 0 Å². The van der Waals surface area contributed by atoms with E-state index in [4.69, 9.17) is 4.74 Å². The molecular weight excluding hydrogens is 318 g/mol. The fourth-order valence-electron chi connectivity index (χ4n) is 4.37. The van der Waals surface area contributed by atoms with Crippen molar-refractivity contribution in [2.24, 2.45) is 5.92 Å². The number of anilines is 1. The standard InChI is InChI=1S/C19H25N3O3/c1-20-16-6-7-22(13-14(16)12-18(20)23)19(24)15-4-2-3-5-17(15)21-8-10-25-11-9-21/h2-5,14,16H,6-13H2,1H3/t14-,16+/m1/s1. The molecule has 0 bridgehead atoms. The molecule has 3 aliphatic heterocycles. The third kappa shape index (κ3) is 2.99. The monoisotopic (exact) mass is 343 g/mol. The number of benzene rings is 1. The minimum absolute atomic E-state index is 0.0857. The highest BCUT2D eigenvalue weighted by atomic mass is 16.5. The summed E-state index contributed by atoms with van der Waals surface area (Å²) in [6.45, 7) is 4.42. The number of ether oxygens (including phenoxy) is 1. The first-order valence-electron chi connectivity index (χ1n) is 9.12. The zero-order valence-corrected chi connectivity index (χ0v) is 14.7. The predicted octanol–water partition coefficient (Wildman–Crippen LogP) is 1.22. The second kappa shape index (κ2) is 6.67. The molecule has 1 aromatic rings. The molecular formula is C19H25N3O3. The first-order valence-corrected chi connectivity index (χ1v) is 9.12. The Bertz CT molecular complexity index is 672. The van der Waals surface area contributed by atoms with Crippen LogP contribution in [-0.4, -0.2) is 74.1 Å². The Kier molecular flexibility index (Phi) is 4.37. The molecule has 25 heavy (non-hydrogen) atoms. The lowest BCUT2D eigenvalue weighted by molar-refractivity contribution is -0.127. The average molecular weight is 343 g/mol. The first-order chi connectivity index (χ1) is 12.1. The Morgan fingerprint density at radius 1 is 1.16 bits per heavy atom. The summed E-state index contributed by atoms with van der Waals surface area (Å²) in [6.07, 6.45) is 1.44. The molecule has 1 aromatic carbocycles. The quantitative estimate of drug-likeness (QED) is 0.810. The molecule has 2 atom stereocenters. The zero-order valence-electron chi connectivity index (χ0n) is 14.7. The van der Waals surface area contributed by atoms with E-state index in [1.54, 1.807) is 0 Å². The van der Waals surface area contributed by atoms with Crippen molar-refractivity contribution in [3.8, 4) is 0 Å². The number of carbonyl (C=O) groups excluding carboxylic acids is 2. The lowest BCUT2D eigenvalue weighted by atomic mass is 9.92. The van der Waals surface area contributed by atoms with Gasteiger partial charge in [-0.3, -0.25) is 9.59 Å². The fraction of sp³-hybridized carbons (Fsp3) is 0.579. The van der Waals surface area contributed by atoms with Gasteiger partial charge < -0.3 is 19.4 Å². The summed E-state index contributed by atoms with van der Waals surface area (Å²) >= 11 is 0. The summed E-state index contributed by atoms with van der Waals surface area (Å²) in [5, 5.41) is 0. The second-order valence-corrected chi connectivity index (χ2v) is 7.19. The van der Waals surface area contributed by atoms with Crippen LogP contribution in [0.15, 0.2) is 24.3 Å². The molecule has 3 saturated heterocycles. The Morgan fingerprint density at radius 3 is 2.72 bits per heavy atom. The summed E-state index contributed by atoms with van der Waals surface area (Å²) in [4.78, 5) is 31.2. The van der Waals surface area contributed by atoms with Gasteiger partial charge in [0.05, 0.1) is 18.8 Å². The van der Waals surface area contributed by atoms with Crippen molar-refractivity contribution >= 4 is 17.5 Å². The molecule has 6 heteroatoms. The van der Waals surface area contributed by atoms with E-state index in [1.165, 1.54) is 0 Å².